The van der Waals surface area contributed by atoms with Gasteiger partial charge in [0.15, 0.2) is 0 Å². The van der Waals surface area contributed by atoms with E-state index in [4.69, 9.17) is 3.57 Å². The molecular formula is C2H3O3UZn. The first kappa shape index (κ1) is 10.8. The van der Waals surface area contributed by atoms with Gasteiger partial charge < -0.3 is 0 Å². The molecule has 0 aliphatic heterocycles. The zero-order valence-corrected chi connectivity index (χ0v) is 11.1. The predicted molar refractivity (Wildman–Crippen MR) is 12.5 cm³/mol. The van der Waals surface area contributed by atoms with Gasteiger partial charge in [-0.3, -0.25) is 0 Å². The van der Waals surface area contributed by atoms with Gasteiger partial charge in [0.25, 0.3) is 0 Å². The number of rotatable bonds is 0. The van der Waals surface area contributed by atoms with E-state index in [9.17, 15) is 4.79 Å². The molecule has 0 atom stereocenters. The SMILES string of the molecule is CC(=O)[O][U].[O]=[Zn]. The topological polar surface area (TPSA) is 43.4 Å². The van der Waals surface area contributed by atoms with E-state index in [-0.39, 0.29) is 24.2 Å². The Bertz CT molecular complexity index is 56.9. The third-order valence-electron chi connectivity index (χ3n) is 0.144. The van der Waals surface area contributed by atoms with Crippen LogP contribution in [0.2, 0.25) is 0 Å². The summed E-state index contributed by atoms with van der Waals surface area (Å²) >= 11 is 0.474. The fourth-order valence-electron chi connectivity index (χ4n) is 0. The molecule has 0 saturated heterocycles. The number of hydrogen-bond acceptors (Lipinski definition) is 3. The van der Waals surface area contributed by atoms with Crippen molar-refractivity contribution in [1.82, 2.24) is 0 Å². The molecule has 0 unspecified atom stereocenters. The van der Waals surface area contributed by atoms with Gasteiger partial charge >= 0.3 is 71.7 Å². The summed E-state index contributed by atoms with van der Waals surface area (Å²) in [5, 5.41) is 0. The van der Waals surface area contributed by atoms with Crippen molar-refractivity contribution in [3.8, 4) is 0 Å². The summed E-state index contributed by atoms with van der Waals surface area (Å²) in [6, 6.07) is 0. The summed E-state index contributed by atoms with van der Waals surface area (Å²) in [4.78, 5) is 9.63. The van der Waals surface area contributed by atoms with Crippen LogP contribution in [0.3, 0.4) is 0 Å². The molecular weight excluding hydrogens is 375 g/mol. The molecule has 35 valence electrons. The second-order valence-electron chi connectivity index (χ2n) is 0.594. The molecule has 0 bridgehead atoms. The Kier molecular flexibility index (Phi) is 15.5. The molecule has 0 aromatic carbocycles. The third kappa shape index (κ3) is 19.6. The fraction of sp³-hybridized carbons (Fsp3) is 0.500. The Balaban J connectivity index is 0. The number of hydrogen-bond donors (Lipinski definition) is 0. The average Bonchev–Trinajstić information content (AvgIpc) is 1.73. The molecule has 0 aromatic heterocycles. The Hall–Kier alpha value is 0.945. The molecule has 0 heterocycles. The monoisotopic (exact) mass is 377 g/mol. The van der Waals surface area contributed by atoms with Gasteiger partial charge in [-0.25, -0.2) is 0 Å². The van der Waals surface area contributed by atoms with Crippen LogP contribution in [0.4, 0.5) is 0 Å². The Morgan fingerprint density at radius 2 is 1.86 bits per heavy atom. The van der Waals surface area contributed by atoms with Crippen LogP contribution in [0.5, 0.6) is 0 Å². The fourth-order valence-corrected chi connectivity index (χ4v) is 0. The zero-order valence-electron chi connectivity index (χ0n) is 3.93. The molecule has 7 heavy (non-hydrogen) atoms. The molecule has 0 aliphatic rings. The molecule has 0 saturated carbocycles. The van der Waals surface area contributed by atoms with Gasteiger partial charge in [-0.1, -0.05) is 0 Å². The second kappa shape index (κ2) is 10.0. The van der Waals surface area contributed by atoms with Crippen LogP contribution < -0.4 is 0 Å². The van der Waals surface area contributed by atoms with Gasteiger partial charge in [0.1, 0.15) is 0 Å². The van der Waals surface area contributed by atoms with Crippen LogP contribution in [0.15, 0.2) is 0 Å². The van der Waals surface area contributed by atoms with Gasteiger partial charge in [-0.2, -0.15) is 0 Å². The third-order valence-corrected chi connectivity index (χ3v) is 1.34. The number of carbonyl (C=O) groups is 1. The van der Waals surface area contributed by atoms with Crippen molar-refractivity contribution in [2.75, 3.05) is 0 Å². The van der Waals surface area contributed by atoms with Crippen molar-refractivity contribution in [2.45, 2.75) is 6.92 Å². The van der Waals surface area contributed by atoms with E-state index in [1.807, 2.05) is 0 Å². The van der Waals surface area contributed by atoms with Gasteiger partial charge in [-0.05, 0) is 0 Å². The molecule has 5 heteroatoms. The van der Waals surface area contributed by atoms with Gasteiger partial charge in [0, 0.05) is 0 Å². The van der Waals surface area contributed by atoms with E-state index in [2.05, 4.69) is 2.24 Å². The van der Waals surface area contributed by atoms with Crippen LogP contribution in [0, 0.1) is 29.9 Å². The first-order chi connectivity index (χ1) is 3.27. The Morgan fingerprint density at radius 3 is 1.86 bits per heavy atom. The standard InChI is InChI=1S/C2H4O2.O.U.Zn/c1-2(3)4;;;/h1H3,(H,3,4);;;/q;;+1;/p-1. The number of carbonyl (C=O) groups excluding carboxylic acids is 1. The van der Waals surface area contributed by atoms with E-state index in [1.54, 1.807) is 0 Å². The summed E-state index contributed by atoms with van der Waals surface area (Å²) < 4.78 is 12.7. The molecule has 0 aromatic rings. The minimum absolute atomic E-state index is 0.125. The van der Waals surface area contributed by atoms with E-state index >= 15 is 0 Å². The molecule has 0 amide bonds. The van der Waals surface area contributed by atoms with Crippen molar-refractivity contribution in [3.05, 3.63) is 0 Å². The summed E-state index contributed by atoms with van der Waals surface area (Å²) in [5.41, 5.74) is 0. The minimum atomic E-state index is -0.171. The first-order valence-electron chi connectivity index (χ1n) is 1.40. The summed E-state index contributed by atoms with van der Waals surface area (Å²) in [6.45, 7) is 1.40. The quantitative estimate of drug-likeness (QED) is 0.553. The van der Waals surface area contributed by atoms with Crippen LogP contribution in [-0.4, -0.2) is 5.97 Å². The zero-order chi connectivity index (χ0) is 6.28. The van der Waals surface area contributed by atoms with Crippen LogP contribution >= 0.6 is 0 Å². The Labute approximate surface area is 71.1 Å². The average molecular weight is 378 g/mol. The maximum absolute atomic E-state index is 9.63. The van der Waals surface area contributed by atoms with E-state index in [0.29, 0.717) is 29.9 Å². The summed E-state index contributed by atoms with van der Waals surface area (Å²) in [5.74, 6) is -0.171. The Morgan fingerprint density at radius 1 is 1.71 bits per heavy atom. The molecule has 0 aliphatic carbocycles. The molecule has 0 rings (SSSR count). The van der Waals surface area contributed by atoms with Crippen LogP contribution in [0.25, 0.3) is 0 Å². The predicted octanol–water partition coefficient (Wildman–Crippen LogP) is -0.108. The van der Waals surface area contributed by atoms with Gasteiger partial charge in [0.05, 0.1) is 0 Å². The van der Waals surface area contributed by atoms with Crippen LogP contribution in [-0.2, 0) is 28.9 Å². The van der Waals surface area contributed by atoms with Crippen molar-refractivity contribution in [3.63, 3.8) is 0 Å². The summed E-state index contributed by atoms with van der Waals surface area (Å²) in [7, 11) is 0. The molecule has 0 N–H and O–H groups in total. The van der Waals surface area contributed by atoms with E-state index in [1.165, 1.54) is 6.92 Å². The van der Waals surface area contributed by atoms with Crippen molar-refractivity contribution in [1.29, 1.82) is 0 Å². The van der Waals surface area contributed by atoms with E-state index in [0.717, 1.165) is 0 Å². The van der Waals surface area contributed by atoms with Crippen LogP contribution in [0.1, 0.15) is 6.92 Å². The van der Waals surface area contributed by atoms with Gasteiger partial charge in [0.2, 0.25) is 0 Å². The molecule has 0 spiro atoms. The van der Waals surface area contributed by atoms with Crippen molar-refractivity contribution in [2.24, 2.45) is 0 Å². The normalized spacial score (nSPS) is 5.86. The van der Waals surface area contributed by atoms with Gasteiger partial charge in [-0.15, -0.1) is 0 Å². The molecule has 3 nitrogen and oxygen atoms in total. The second-order valence-corrected chi connectivity index (χ2v) is 1.44. The maximum atomic E-state index is 9.63. The molecule has 0 radical (unpaired) electrons. The molecule has 0 fully saturated rings. The first-order valence-corrected chi connectivity index (χ1v) is 4.31. The van der Waals surface area contributed by atoms with Crippen molar-refractivity contribution >= 4 is 5.97 Å². The van der Waals surface area contributed by atoms with Crippen molar-refractivity contribution < 1.29 is 58.8 Å². The van der Waals surface area contributed by atoms with E-state index < -0.39 is 0 Å². The summed E-state index contributed by atoms with van der Waals surface area (Å²) in [6.07, 6.45) is 0.